The lowest BCUT2D eigenvalue weighted by molar-refractivity contribution is 0.0924. The summed E-state index contributed by atoms with van der Waals surface area (Å²) in [6, 6.07) is 14.7. The monoisotopic (exact) mass is 410 g/mol. The van der Waals surface area contributed by atoms with E-state index in [4.69, 9.17) is 16.0 Å². The number of anilines is 1. The fraction of sp³-hybridized carbons (Fsp3) is 0.273. The van der Waals surface area contributed by atoms with Crippen molar-refractivity contribution >= 4 is 23.3 Å². The average molecular weight is 411 g/mol. The third-order valence-corrected chi connectivity index (χ3v) is 5.41. The summed E-state index contributed by atoms with van der Waals surface area (Å²) in [5.41, 5.74) is 1.75. The van der Waals surface area contributed by atoms with Gasteiger partial charge in [-0.1, -0.05) is 29.8 Å². The van der Waals surface area contributed by atoms with E-state index < -0.39 is 0 Å². The van der Waals surface area contributed by atoms with E-state index in [1.54, 1.807) is 24.4 Å². The van der Waals surface area contributed by atoms with Gasteiger partial charge >= 0.3 is 0 Å². The highest BCUT2D eigenvalue weighted by atomic mass is 35.5. The second-order valence-electron chi connectivity index (χ2n) is 7.10. The van der Waals surface area contributed by atoms with Gasteiger partial charge in [-0.05, 0) is 37.4 Å². The van der Waals surface area contributed by atoms with Gasteiger partial charge in [-0.2, -0.15) is 0 Å². The summed E-state index contributed by atoms with van der Waals surface area (Å²) in [6.07, 6.45) is 1.79. The number of pyridine rings is 1. The molecule has 29 heavy (non-hydrogen) atoms. The molecule has 0 unspecified atom stereocenters. The number of likely N-dealkylation sites (N-methyl/N-ethyl adjacent to an activating group) is 1. The van der Waals surface area contributed by atoms with Crippen molar-refractivity contribution in [1.29, 1.82) is 0 Å². The molecule has 1 saturated heterocycles. The van der Waals surface area contributed by atoms with Crippen LogP contribution in [0.25, 0.3) is 11.3 Å². The molecule has 1 aliphatic heterocycles. The normalized spacial score (nSPS) is 14.8. The predicted molar refractivity (Wildman–Crippen MR) is 114 cm³/mol. The Bertz CT molecular complexity index is 996. The zero-order valence-electron chi connectivity index (χ0n) is 16.3. The molecule has 1 fully saturated rings. The number of rotatable bonds is 5. The van der Waals surface area contributed by atoms with Crippen LogP contribution in [0.5, 0.6) is 0 Å². The zero-order chi connectivity index (χ0) is 20.2. The first-order chi connectivity index (χ1) is 14.1. The van der Waals surface area contributed by atoms with Crippen molar-refractivity contribution in [1.82, 2.24) is 15.2 Å². The molecule has 0 bridgehead atoms. The average Bonchev–Trinajstić information content (AvgIpc) is 3.23. The fourth-order valence-corrected chi connectivity index (χ4v) is 3.63. The van der Waals surface area contributed by atoms with E-state index >= 15 is 0 Å². The van der Waals surface area contributed by atoms with Crippen LogP contribution in [0.2, 0.25) is 5.02 Å². The summed E-state index contributed by atoms with van der Waals surface area (Å²) in [4.78, 5) is 21.7. The van der Waals surface area contributed by atoms with Gasteiger partial charge < -0.3 is 19.5 Å². The van der Waals surface area contributed by atoms with E-state index in [0.717, 1.165) is 43.1 Å². The van der Waals surface area contributed by atoms with E-state index in [2.05, 4.69) is 27.1 Å². The Morgan fingerprint density at radius 3 is 2.69 bits per heavy atom. The molecular formula is C22H23ClN4O2. The minimum Gasteiger partial charge on any atom is -0.451 e. The Kier molecular flexibility index (Phi) is 5.83. The van der Waals surface area contributed by atoms with Gasteiger partial charge in [0.2, 0.25) is 0 Å². The molecule has 3 heterocycles. The highest BCUT2D eigenvalue weighted by molar-refractivity contribution is 6.33. The van der Waals surface area contributed by atoms with Crippen LogP contribution in [-0.2, 0) is 6.54 Å². The summed E-state index contributed by atoms with van der Waals surface area (Å²) < 4.78 is 5.73. The zero-order valence-corrected chi connectivity index (χ0v) is 17.0. The fourth-order valence-electron chi connectivity index (χ4n) is 3.40. The summed E-state index contributed by atoms with van der Waals surface area (Å²) in [5.74, 6) is 1.48. The molecule has 3 aromatic rings. The van der Waals surface area contributed by atoms with E-state index in [0.29, 0.717) is 17.3 Å². The van der Waals surface area contributed by atoms with Gasteiger partial charge in [0.15, 0.2) is 5.76 Å². The summed E-state index contributed by atoms with van der Waals surface area (Å²) in [7, 11) is 2.12. The molecule has 0 spiro atoms. The van der Waals surface area contributed by atoms with Crippen LogP contribution in [0, 0.1) is 0 Å². The third-order valence-electron chi connectivity index (χ3n) is 5.08. The number of hydrogen-bond acceptors (Lipinski definition) is 5. The van der Waals surface area contributed by atoms with Crippen molar-refractivity contribution in [2.45, 2.75) is 6.54 Å². The number of benzene rings is 1. The number of nitrogens with zero attached hydrogens (tertiary/aromatic N) is 3. The Labute approximate surface area is 175 Å². The first-order valence-electron chi connectivity index (χ1n) is 9.62. The van der Waals surface area contributed by atoms with Crippen molar-refractivity contribution in [2.75, 3.05) is 38.1 Å². The quantitative estimate of drug-likeness (QED) is 0.695. The van der Waals surface area contributed by atoms with E-state index in [1.807, 2.05) is 30.3 Å². The maximum Gasteiger partial charge on any atom is 0.287 e. The standard InChI is InChI=1S/C22H23ClN4O2/c1-26-11-13-27(14-12-26)21-16(5-4-10-24-21)15-25-22(28)20-9-8-19(29-20)17-6-2-3-7-18(17)23/h2-10H,11-15H2,1H3,(H,25,28). The molecule has 7 heteroatoms. The van der Waals surface area contributed by atoms with Crippen LogP contribution in [0.3, 0.4) is 0 Å². The van der Waals surface area contributed by atoms with Crippen molar-refractivity contribution in [3.8, 4) is 11.3 Å². The van der Waals surface area contributed by atoms with Gasteiger partial charge in [0.05, 0.1) is 5.02 Å². The topological polar surface area (TPSA) is 61.6 Å². The molecule has 6 nitrogen and oxygen atoms in total. The smallest absolute Gasteiger partial charge is 0.287 e. The second-order valence-corrected chi connectivity index (χ2v) is 7.51. The van der Waals surface area contributed by atoms with Crippen molar-refractivity contribution in [2.24, 2.45) is 0 Å². The third kappa shape index (κ3) is 4.44. The minimum absolute atomic E-state index is 0.255. The van der Waals surface area contributed by atoms with Gasteiger partial charge in [0, 0.05) is 50.0 Å². The van der Waals surface area contributed by atoms with Crippen molar-refractivity contribution in [3.63, 3.8) is 0 Å². The maximum absolute atomic E-state index is 12.6. The summed E-state index contributed by atoms with van der Waals surface area (Å²) >= 11 is 6.21. The van der Waals surface area contributed by atoms with Crippen LogP contribution in [-0.4, -0.2) is 49.0 Å². The Morgan fingerprint density at radius 2 is 1.90 bits per heavy atom. The number of hydrogen-bond donors (Lipinski definition) is 1. The summed E-state index contributed by atoms with van der Waals surface area (Å²) in [6.45, 7) is 4.23. The first-order valence-corrected chi connectivity index (χ1v) is 10.00. The summed E-state index contributed by atoms with van der Waals surface area (Å²) in [5, 5.41) is 3.52. The highest BCUT2D eigenvalue weighted by Crippen LogP contribution is 2.29. The molecule has 1 amide bonds. The Morgan fingerprint density at radius 1 is 1.10 bits per heavy atom. The highest BCUT2D eigenvalue weighted by Gasteiger charge is 2.19. The number of amides is 1. The molecule has 1 N–H and O–H groups in total. The second kappa shape index (κ2) is 8.68. The molecule has 0 saturated carbocycles. The molecule has 0 atom stereocenters. The minimum atomic E-state index is -0.267. The van der Waals surface area contributed by atoms with E-state index in [1.165, 1.54) is 0 Å². The molecule has 150 valence electrons. The lowest BCUT2D eigenvalue weighted by atomic mass is 10.2. The van der Waals surface area contributed by atoms with Crippen LogP contribution in [0.1, 0.15) is 16.1 Å². The molecule has 4 rings (SSSR count). The SMILES string of the molecule is CN1CCN(c2ncccc2CNC(=O)c2ccc(-c3ccccc3Cl)o2)CC1. The number of carbonyl (C=O) groups excluding carboxylic acids is 1. The van der Waals surface area contributed by atoms with Gasteiger partial charge in [-0.25, -0.2) is 4.98 Å². The van der Waals surface area contributed by atoms with Gasteiger partial charge in [-0.15, -0.1) is 0 Å². The van der Waals surface area contributed by atoms with Gasteiger partial charge in [0.1, 0.15) is 11.6 Å². The molecular weight excluding hydrogens is 388 g/mol. The number of aromatic nitrogens is 1. The van der Waals surface area contributed by atoms with E-state index in [-0.39, 0.29) is 11.7 Å². The Balaban J connectivity index is 1.44. The van der Waals surface area contributed by atoms with Crippen LogP contribution >= 0.6 is 11.6 Å². The number of furan rings is 1. The molecule has 2 aromatic heterocycles. The van der Waals surface area contributed by atoms with Crippen LogP contribution in [0.4, 0.5) is 5.82 Å². The van der Waals surface area contributed by atoms with Gasteiger partial charge in [-0.3, -0.25) is 4.79 Å². The van der Waals surface area contributed by atoms with Crippen LogP contribution < -0.4 is 10.2 Å². The maximum atomic E-state index is 12.6. The molecule has 0 radical (unpaired) electrons. The van der Waals surface area contributed by atoms with E-state index in [9.17, 15) is 4.79 Å². The van der Waals surface area contributed by atoms with Gasteiger partial charge in [0.25, 0.3) is 5.91 Å². The van der Waals surface area contributed by atoms with Crippen molar-refractivity contribution in [3.05, 3.63) is 71.1 Å². The number of piperazine rings is 1. The lowest BCUT2D eigenvalue weighted by Crippen LogP contribution is -2.45. The number of nitrogens with one attached hydrogen (secondary N) is 1. The van der Waals surface area contributed by atoms with Crippen LogP contribution in [0.15, 0.2) is 59.1 Å². The number of halogens is 1. The molecule has 1 aromatic carbocycles. The molecule has 1 aliphatic rings. The van der Waals surface area contributed by atoms with Crippen molar-refractivity contribution < 1.29 is 9.21 Å². The largest absolute Gasteiger partial charge is 0.451 e. The predicted octanol–water partition coefficient (Wildman–Crippen LogP) is 3.68. The number of carbonyl (C=O) groups is 1. The Hall–Kier alpha value is -2.83. The lowest BCUT2D eigenvalue weighted by Gasteiger charge is -2.34. The first kappa shape index (κ1) is 19.5. The molecule has 0 aliphatic carbocycles.